The molecule has 2 aromatic carbocycles. The number of ketones is 2. The van der Waals surface area contributed by atoms with Crippen LogP contribution in [0.3, 0.4) is 0 Å². The average molecular weight is 321 g/mol. The van der Waals surface area contributed by atoms with Gasteiger partial charge >= 0.3 is 0 Å². The highest BCUT2D eigenvalue weighted by Gasteiger charge is 2.41. The molecule has 0 aromatic heterocycles. The number of carbonyl (C=O) groups excluding carboxylic acids is 3. The summed E-state index contributed by atoms with van der Waals surface area (Å²) in [6.07, 6.45) is 0. The van der Waals surface area contributed by atoms with Gasteiger partial charge in [0.15, 0.2) is 11.6 Å². The molecule has 1 aliphatic carbocycles. The van der Waals surface area contributed by atoms with E-state index in [9.17, 15) is 14.4 Å². The van der Waals surface area contributed by atoms with Gasteiger partial charge < -0.3 is 10.1 Å². The van der Waals surface area contributed by atoms with Crippen LogP contribution in [-0.4, -0.2) is 30.7 Å². The van der Waals surface area contributed by atoms with Gasteiger partial charge in [-0.05, 0) is 25.1 Å². The van der Waals surface area contributed by atoms with Gasteiger partial charge in [0.2, 0.25) is 5.91 Å². The van der Waals surface area contributed by atoms with Crippen molar-refractivity contribution in [3.63, 3.8) is 0 Å². The van der Waals surface area contributed by atoms with Crippen LogP contribution in [-0.2, 0) is 9.53 Å². The van der Waals surface area contributed by atoms with Crippen molar-refractivity contribution in [2.75, 3.05) is 18.5 Å². The summed E-state index contributed by atoms with van der Waals surface area (Å²) in [4.78, 5) is 37.5. The Bertz CT molecular complexity index is 896. The van der Waals surface area contributed by atoms with Gasteiger partial charge in [0.05, 0.1) is 18.6 Å². The minimum Gasteiger partial charge on any atom is -0.379 e. The molecule has 1 fully saturated rings. The van der Waals surface area contributed by atoms with Gasteiger partial charge in [0.1, 0.15) is 0 Å². The molecule has 5 nitrogen and oxygen atoms in total. The Balaban J connectivity index is 1.69. The number of nitrogens with one attached hydrogen (secondary N) is 1. The van der Waals surface area contributed by atoms with Crippen LogP contribution < -0.4 is 5.32 Å². The summed E-state index contributed by atoms with van der Waals surface area (Å²) in [5.41, 5.74) is 1.49. The van der Waals surface area contributed by atoms with Gasteiger partial charge in [-0.1, -0.05) is 24.3 Å². The monoisotopic (exact) mass is 321 g/mol. The summed E-state index contributed by atoms with van der Waals surface area (Å²) in [7, 11) is 0. The van der Waals surface area contributed by atoms with E-state index in [-0.39, 0.29) is 17.5 Å². The SMILES string of the molecule is CC1(C(=O)Nc2ccc3c(c2)C(=O)c2ccccc2C3=O)COC1. The molecule has 0 bridgehead atoms. The third kappa shape index (κ3) is 2.09. The smallest absolute Gasteiger partial charge is 0.234 e. The number of carbonyl (C=O) groups is 3. The molecule has 2 aromatic rings. The second-order valence-corrected chi connectivity index (χ2v) is 6.47. The largest absolute Gasteiger partial charge is 0.379 e. The lowest BCUT2D eigenvalue weighted by atomic mass is 9.83. The van der Waals surface area contributed by atoms with E-state index in [1.165, 1.54) is 0 Å². The van der Waals surface area contributed by atoms with Gasteiger partial charge in [-0.25, -0.2) is 0 Å². The number of rotatable bonds is 2. The van der Waals surface area contributed by atoms with Gasteiger partial charge in [0, 0.05) is 27.9 Å². The van der Waals surface area contributed by atoms with Crippen LogP contribution in [0.5, 0.6) is 0 Å². The van der Waals surface area contributed by atoms with Crippen LogP contribution in [0.2, 0.25) is 0 Å². The molecule has 0 atom stereocenters. The third-order valence-electron chi connectivity index (χ3n) is 4.57. The Hall–Kier alpha value is -2.79. The Morgan fingerprint density at radius 3 is 2.12 bits per heavy atom. The van der Waals surface area contributed by atoms with Gasteiger partial charge in [-0.2, -0.15) is 0 Å². The van der Waals surface area contributed by atoms with Crippen molar-refractivity contribution in [1.82, 2.24) is 0 Å². The van der Waals surface area contributed by atoms with Crippen molar-refractivity contribution < 1.29 is 19.1 Å². The highest BCUT2D eigenvalue weighted by molar-refractivity contribution is 6.28. The molecule has 0 unspecified atom stereocenters. The second-order valence-electron chi connectivity index (χ2n) is 6.47. The van der Waals surface area contributed by atoms with Crippen LogP contribution >= 0.6 is 0 Å². The van der Waals surface area contributed by atoms with Crippen molar-refractivity contribution in [1.29, 1.82) is 0 Å². The topological polar surface area (TPSA) is 72.5 Å². The first kappa shape index (κ1) is 14.8. The number of fused-ring (bicyclic) bond motifs is 2. The zero-order valence-electron chi connectivity index (χ0n) is 13.1. The Morgan fingerprint density at radius 2 is 1.54 bits per heavy atom. The maximum Gasteiger partial charge on any atom is 0.234 e. The Morgan fingerprint density at radius 1 is 0.958 bits per heavy atom. The molecule has 1 aliphatic heterocycles. The van der Waals surface area contributed by atoms with E-state index in [2.05, 4.69) is 5.32 Å². The third-order valence-corrected chi connectivity index (χ3v) is 4.57. The zero-order chi connectivity index (χ0) is 16.9. The molecule has 5 heteroatoms. The highest BCUT2D eigenvalue weighted by Crippen LogP contribution is 2.31. The van der Waals surface area contributed by atoms with Crippen molar-refractivity contribution in [2.24, 2.45) is 5.41 Å². The van der Waals surface area contributed by atoms with E-state index in [0.29, 0.717) is 41.2 Å². The van der Waals surface area contributed by atoms with Crippen LogP contribution in [0.15, 0.2) is 42.5 Å². The Kier molecular flexibility index (Phi) is 3.15. The molecule has 2 aliphatic rings. The van der Waals surface area contributed by atoms with E-state index in [0.717, 1.165) is 0 Å². The number of amides is 1. The number of anilines is 1. The minimum absolute atomic E-state index is 0.149. The minimum atomic E-state index is -0.539. The predicted molar refractivity (Wildman–Crippen MR) is 87.3 cm³/mol. The van der Waals surface area contributed by atoms with Gasteiger partial charge in [-0.15, -0.1) is 0 Å². The first-order chi connectivity index (χ1) is 11.5. The number of hydrogen-bond acceptors (Lipinski definition) is 4. The predicted octanol–water partition coefficient (Wildman–Crippen LogP) is 2.44. The maximum absolute atomic E-state index is 12.7. The molecule has 1 heterocycles. The first-order valence-electron chi connectivity index (χ1n) is 7.71. The summed E-state index contributed by atoms with van der Waals surface area (Å²) >= 11 is 0. The van der Waals surface area contributed by atoms with Crippen LogP contribution in [0, 0.1) is 5.41 Å². The lowest BCUT2D eigenvalue weighted by Gasteiger charge is -2.36. The fourth-order valence-corrected chi connectivity index (χ4v) is 3.00. The van der Waals surface area contributed by atoms with Crippen LogP contribution in [0.4, 0.5) is 5.69 Å². The van der Waals surface area contributed by atoms with Crippen LogP contribution in [0.1, 0.15) is 38.8 Å². The molecule has 1 saturated heterocycles. The Labute approximate surface area is 138 Å². The molecule has 24 heavy (non-hydrogen) atoms. The van der Waals surface area contributed by atoms with E-state index in [1.54, 1.807) is 42.5 Å². The first-order valence-corrected chi connectivity index (χ1v) is 7.71. The fraction of sp³-hybridized carbons (Fsp3) is 0.211. The van der Waals surface area contributed by atoms with Gasteiger partial charge in [-0.3, -0.25) is 14.4 Å². The van der Waals surface area contributed by atoms with E-state index in [1.807, 2.05) is 6.92 Å². The van der Waals surface area contributed by atoms with E-state index >= 15 is 0 Å². The fourth-order valence-electron chi connectivity index (χ4n) is 3.00. The summed E-state index contributed by atoms with van der Waals surface area (Å²) in [6, 6.07) is 11.6. The molecular formula is C19H15NO4. The molecule has 1 N–H and O–H groups in total. The number of hydrogen-bond donors (Lipinski definition) is 1. The molecular weight excluding hydrogens is 306 g/mol. The van der Waals surface area contributed by atoms with E-state index < -0.39 is 5.41 Å². The van der Waals surface area contributed by atoms with Crippen LogP contribution in [0.25, 0.3) is 0 Å². The average Bonchev–Trinajstić information content (AvgIpc) is 2.57. The summed E-state index contributed by atoms with van der Waals surface area (Å²) < 4.78 is 5.10. The van der Waals surface area contributed by atoms with Crippen molar-refractivity contribution >= 4 is 23.2 Å². The molecule has 4 rings (SSSR count). The summed E-state index contributed by atoms with van der Waals surface area (Å²) in [6.45, 7) is 2.60. The summed E-state index contributed by atoms with van der Waals surface area (Å²) in [5, 5.41) is 2.81. The molecule has 0 saturated carbocycles. The molecule has 1 amide bonds. The second kappa shape index (κ2) is 5.11. The normalized spacial score (nSPS) is 17.5. The standard InChI is InChI=1S/C19H15NO4/c1-19(9-24-10-19)18(23)20-11-6-7-14-15(8-11)17(22)13-5-3-2-4-12(13)16(14)21/h2-8H,9-10H2,1H3,(H,20,23). The summed E-state index contributed by atoms with van der Waals surface area (Å²) in [5.74, 6) is -0.518. The van der Waals surface area contributed by atoms with Crippen molar-refractivity contribution in [2.45, 2.75) is 6.92 Å². The quantitative estimate of drug-likeness (QED) is 0.787. The lowest BCUT2D eigenvalue weighted by molar-refractivity contribution is -0.151. The molecule has 0 spiro atoms. The zero-order valence-corrected chi connectivity index (χ0v) is 13.1. The van der Waals surface area contributed by atoms with Crippen molar-refractivity contribution in [3.05, 3.63) is 64.7 Å². The lowest BCUT2D eigenvalue weighted by Crippen LogP contribution is -2.49. The number of benzene rings is 2. The highest BCUT2D eigenvalue weighted by atomic mass is 16.5. The molecule has 0 radical (unpaired) electrons. The van der Waals surface area contributed by atoms with Crippen molar-refractivity contribution in [3.8, 4) is 0 Å². The van der Waals surface area contributed by atoms with E-state index in [4.69, 9.17) is 4.74 Å². The molecule has 120 valence electrons. The maximum atomic E-state index is 12.7. The number of ether oxygens (including phenoxy) is 1. The van der Waals surface area contributed by atoms with Gasteiger partial charge in [0.25, 0.3) is 0 Å².